The van der Waals surface area contributed by atoms with Gasteiger partial charge in [-0.25, -0.2) is 9.59 Å². The maximum Gasteiger partial charge on any atom is 0.312 e. The van der Waals surface area contributed by atoms with Gasteiger partial charge in [-0.2, -0.15) is 0 Å². The molecule has 0 aliphatic rings. The molecule has 0 heterocycles. The first-order valence-corrected chi connectivity index (χ1v) is 37.4. The number of ether oxygens (including phenoxy) is 2. The SMILES string of the molecule is CC(CC(=O)C(C)NC(C)(C)C)C(=O)C(C)(C)C.CC(CC(=O)C(C)NC(C)(C)C)C(=O)Nc1ccc(COC(=O)C(C)(C)C)cc1.CC(NC(C)(C)C)C(=O)C[C@@H](CCCNC(N)=O)C(=O)C(C)(C)C.CC(NC(C)(C)C)C(=O)C[C@@H](CCCNC(N)=O)C(=O)Nc1ccc(COC(=O)C(C)(C)C)cc1. The number of ketones is 6. The highest BCUT2D eigenvalue weighted by molar-refractivity contribution is 5.98. The van der Waals surface area contributed by atoms with Crippen LogP contribution in [0.5, 0.6) is 0 Å². The Morgan fingerprint density at radius 2 is 0.623 bits per heavy atom. The first-order chi connectivity index (χ1) is 47.8. The monoisotopic (exact) mass is 1490 g/mol. The van der Waals surface area contributed by atoms with Crippen LogP contribution < -0.4 is 54.0 Å². The third-order valence-electron chi connectivity index (χ3n) is 16.0. The first kappa shape index (κ1) is 101. The second kappa shape index (κ2) is 44.9. The van der Waals surface area contributed by atoms with E-state index < -0.39 is 46.2 Å². The number of carbonyl (C=O) groups is 12. The van der Waals surface area contributed by atoms with Gasteiger partial charge in [-0.3, -0.25) is 47.9 Å². The van der Waals surface area contributed by atoms with Crippen molar-refractivity contribution in [2.45, 2.75) is 319 Å². The summed E-state index contributed by atoms with van der Waals surface area (Å²) in [5, 5.41) is 23.7. The van der Waals surface area contributed by atoms with Crippen molar-refractivity contribution < 1.29 is 67.0 Å². The van der Waals surface area contributed by atoms with Crippen molar-refractivity contribution >= 4 is 81.9 Å². The van der Waals surface area contributed by atoms with E-state index in [1.165, 1.54) is 0 Å². The first-order valence-electron chi connectivity index (χ1n) is 37.4. The fourth-order valence-corrected chi connectivity index (χ4v) is 10.6. The fraction of sp³-hybridized carbons (Fsp3) is 0.707. The van der Waals surface area contributed by atoms with E-state index in [9.17, 15) is 57.5 Å². The molecule has 0 saturated heterocycles. The number of esters is 2. The van der Waals surface area contributed by atoms with Crippen LogP contribution in [0.3, 0.4) is 0 Å². The lowest BCUT2D eigenvalue weighted by atomic mass is 9.78. The van der Waals surface area contributed by atoms with Crippen LogP contribution in [0.25, 0.3) is 0 Å². The van der Waals surface area contributed by atoms with Crippen molar-refractivity contribution in [2.75, 3.05) is 23.7 Å². The minimum absolute atomic E-state index is 0.0126. The molecule has 0 spiro atoms. The molecule has 0 radical (unpaired) electrons. The van der Waals surface area contributed by atoms with E-state index in [0.29, 0.717) is 56.6 Å². The molecule has 106 heavy (non-hydrogen) atoms. The summed E-state index contributed by atoms with van der Waals surface area (Å²) in [5.41, 5.74) is 10.4. The normalized spacial score (nSPS) is 14.4. The van der Waals surface area contributed by atoms with E-state index >= 15 is 0 Å². The molecule has 6 unspecified atom stereocenters. The van der Waals surface area contributed by atoms with Gasteiger partial charge in [0.2, 0.25) is 11.8 Å². The number of nitrogens with one attached hydrogen (secondary N) is 8. The fourth-order valence-electron chi connectivity index (χ4n) is 10.6. The molecule has 6 amide bonds. The van der Waals surface area contributed by atoms with E-state index in [1.807, 2.05) is 152 Å². The number of amides is 6. The second-order valence-electron chi connectivity index (χ2n) is 36.5. The van der Waals surface area contributed by atoms with Gasteiger partial charge in [-0.05, 0) is 213 Å². The Hall–Kier alpha value is -7.28. The van der Waals surface area contributed by atoms with E-state index in [2.05, 4.69) is 42.5 Å². The topological polar surface area (TPSA) is 372 Å². The number of nitrogens with two attached hydrogens (primary N) is 2. The molecule has 2 rings (SSSR count). The molecule has 0 aliphatic carbocycles. The second-order valence-corrected chi connectivity index (χ2v) is 36.5. The van der Waals surface area contributed by atoms with Crippen molar-refractivity contribution in [1.29, 1.82) is 0 Å². The van der Waals surface area contributed by atoms with Crippen molar-refractivity contribution in [3.63, 3.8) is 0 Å². The lowest BCUT2D eigenvalue weighted by Crippen LogP contribution is -2.47. The molecular weight excluding hydrogens is 1350 g/mol. The predicted octanol–water partition coefficient (Wildman–Crippen LogP) is 13.0. The highest BCUT2D eigenvalue weighted by atomic mass is 16.5. The minimum Gasteiger partial charge on any atom is -0.460 e. The summed E-state index contributed by atoms with van der Waals surface area (Å²) < 4.78 is 10.6. The van der Waals surface area contributed by atoms with E-state index in [-0.39, 0.29) is 148 Å². The van der Waals surface area contributed by atoms with Crippen molar-refractivity contribution in [3.05, 3.63) is 59.7 Å². The van der Waals surface area contributed by atoms with E-state index in [4.69, 9.17) is 20.9 Å². The predicted molar refractivity (Wildman–Crippen MR) is 424 cm³/mol. The van der Waals surface area contributed by atoms with Gasteiger partial charge in [-0.1, -0.05) is 79.7 Å². The van der Waals surface area contributed by atoms with Gasteiger partial charge >= 0.3 is 24.0 Å². The molecule has 12 N–H and O–H groups in total. The Labute approximate surface area is 636 Å². The largest absolute Gasteiger partial charge is 0.460 e. The Kier molecular flexibility index (Phi) is 42.7. The van der Waals surface area contributed by atoms with Crippen LogP contribution in [-0.2, 0) is 70.6 Å². The summed E-state index contributed by atoms with van der Waals surface area (Å²) in [5.74, 6) is -2.22. The van der Waals surface area contributed by atoms with Gasteiger partial charge in [0.05, 0.1) is 35.0 Å². The standard InChI is InChI=1S/C26H42N4O5.C23H36N2O4.C18H35N3O3.C15H29NO2/c1-17(30-26(5,6)7)21(31)15-19(9-8-14-28-24(27)34)22(32)29-20-12-10-18(11-13-20)16-35-23(33)25(2,3)4;1-15(13-19(26)16(2)25-23(6,7)8)20(27)24-18-11-9-17(10-12-18)14-29-21(28)22(3,4)5;1-12(21-18(5,6)7)14(22)11-13(15(23)17(2,3)4)9-8-10-20-16(19)24;1-10(13(18)14(3,4)5)9-12(17)11(2)16-15(6,7)8/h10-13,17,19,30H,8-9,14-16H2,1-7H3,(H,29,32)(H3,27,28,34);9-12,15-16,25H,13-14H2,1-8H3,(H,24,27);12-13,21H,8-11H2,1-7H3,(H3,19,20,24);10-11,16H,9H2,1-8H3/t17?,19-;;12?,13-;/m1.1./s1. The molecule has 0 fully saturated rings. The molecule has 2 aromatic rings. The van der Waals surface area contributed by atoms with E-state index in [0.717, 1.165) is 11.1 Å². The highest BCUT2D eigenvalue weighted by Crippen LogP contribution is 2.28. The van der Waals surface area contributed by atoms with Crippen LogP contribution in [0.15, 0.2) is 48.5 Å². The van der Waals surface area contributed by atoms with Crippen LogP contribution >= 0.6 is 0 Å². The van der Waals surface area contributed by atoms with Crippen LogP contribution in [0.1, 0.15) is 270 Å². The molecule has 0 aromatic heterocycles. The van der Waals surface area contributed by atoms with Crippen LogP contribution in [0.2, 0.25) is 0 Å². The molecule has 0 bridgehead atoms. The maximum absolute atomic E-state index is 13.0. The molecule has 0 aliphatic heterocycles. The number of benzene rings is 2. The number of hydrogen-bond acceptors (Lipinski definition) is 18. The third kappa shape index (κ3) is 47.4. The number of primary amides is 2. The third-order valence-corrected chi connectivity index (χ3v) is 16.0. The average Bonchev–Trinajstić information content (AvgIpc) is 0.845. The van der Waals surface area contributed by atoms with Gasteiger partial charge in [-0.15, -0.1) is 0 Å². The quantitative estimate of drug-likeness (QED) is 0.0230. The van der Waals surface area contributed by atoms with Crippen molar-refractivity contribution in [1.82, 2.24) is 31.9 Å². The Balaban J connectivity index is 0. The lowest BCUT2D eigenvalue weighted by Gasteiger charge is -2.28. The zero-order valence-electron chi connectivity index (χ0n) is 70.6. The van der Waals surface area contributed by atoms with Crippen LogP contribution in [0.4, 0.5) is 21.0 Å². The molecule has 8 atom stereocenters. The minimum atomic E-state index is -0.627. The zero-order chi connectivity index (χ0) is 83.1. The van der Waals surface area contributed by atoms with Crippen LogP contribution in [0, 0.1) is 45.3 Å². The summed E-state index contributed by atoms with van der Waals surface area (Å²) in [4.78, 5) is 145. The van der Waals surface area contributed by atoms with Crippen LogP contribution in [-0.4, -0.2) is 130 Å². The summed E-state index contributed by atoms with van der Waals surface area (Å²) in [6, 6.07) is 11.7. The Morgan fingerprint density at radius 3 is 0.906 bits per heavy atom. The van der Waals surface area contributed by atoms with Gasteiger partial charge in [0, 0.05) is 107 Å². The summed E-state index contributed by atoms with van der Waals surface area (Å²) in [7, 11) is 0. The van der Waals surface area contributed by atoms with Gasteiger partial charge in [0.15, 0.2) is 0 Å². The van der Waals surface area contributed by atoms with Gasteiger partial charge in [0.1, 0.15) is 47.9 Å². The average molecular weight is 1490 g/mol. The smallest absolute Gasteiger partial charge is 0.312 e. The zero-order valence-corrected chi connectivity index (χ0v) is 70.6. The molecule has 604 valence electrons. The number of anilines is 2. The van der Waals surface area contributed by atoms with E-state index in [1.54, 1.807) is 104 Å². The molecule has 2 aromatic carbocycles. The summed E-state index contributed by atoms with van der Waals surface area (Å²) >= 11 is 0. The van der Waals surface area contributed by atoms with Gasteiger partial charge < -0.3 is 63.5 Å². The maximum atomic E-state index is 13.0. The molecule has 0 saturated carbocycles. The molecule has 24 nitrogen and oxygen atoms in total. The van der Waals surface area contributed by atoms with Gasteiger partial charge in [0.25, 0.3) is 0 Å². The lowest BCUT2D eigenvalue weighted by molar-refractivity contribution is -0.155. The highest BCUT2D eigenvalue weighted by Gasteiger charge is 2.35. The molecular formula is C82H142N10O14. The summed E-state index contributed by atoms with van der Waals surface area (Å²) in [6.45, 7) is 58.1. The Bertz CT molecular complexity index is 3150. The number of Topliss-reactive ketones (excluding diaryl/α,β-unsaturated/α-hetero) is 6. The number of carbonyl (C=O) groups excluding carboxylic acids is 12. The van der Waals surface area contributed by atoms with Crippen molar-refractivity contribution in [3.8, 4) is 0 Å². The summed E-state index contributed by atoms with van der Waals surface area (Å²) in [6.07, 6.45) is 2.89. The number of urea groups is 2. The molecule has 24 heteroatoms. The number of hydrogen-bond donors (Lipinski definition) is 10. The Morgan fingerprint density at radius 1 is 0.349 bits per heavy atom. The van der Waals surface area contributed by atoms with Crippen molar-refractivity contribution in [2.24, 2.45) is 56.8 Å². The number of rotatable bonds is 34.